The van der Waals surface area contributed by atoms with Crippen LogP contribution in [0.4, 0.5) is 0 Å². The first kappa shape index (κ1) is 11.4. The number of hydrogen-bond acceptors (Lipinski definition) is 1. The minimum Gasteiger partial charge on any atom is -0.632 e. The highest BCUT2D eigenvalue weighted by Crippen LogP contribution is 2.29. The molecule has 0 radical (unpaired) electrons. The van der Waals surface area contributed by atoms with Crippen molar-refractivity contribution < 1.29 is 4.65 Å². The molecule has 0 bridgehead atoms. The standard InChI is InChI=1S/C14H19NO/c1-12-8-9-15(16,13(2)10-12)11-14-6-4-3-5-7-14/h3-7,13H,1,8-11H2,2H3. The molecule has 1 saturated heterocycles. The summed E-state index contributed by atoms with van der Waals surface area (Å²) in [5.74, 6) is 0. The maximum Gasteiger partial charge on any atom is 0.104 e. The van der Waals surface area contributed by atoms with Gasteiger partial charge in [-0.3, -0.25) is 0 Å². The van der Waals surface area contributed by atoms with E-state index in [9.17, 15) is 5.21 Å². The number of hydrogen-bond donors (Lipinski definition) is 0. The molecule has 1 fully saturated rings. The van der Waals surface area contributed by atoms with E-state index in [4.69, 9.17) is 0 Å². The third-order valence-electron chi connectivity index (χ3n) is 3.52. The number of hydroxylamine groups is 3. The van der Waals surface area contributed by atoms with Crippen molar-refractivity contribution in [1.29, 1.82) is 0 Å². The summed E-state index contributed by atoms with van der Waals surface area (Å²) >= 11 is 0. The minimum atomic E-state index is -0.0942. The SMILES string of the molecule is C=C1CC[N+]([O-])(Cc2ccccc2)C(C)C1. The summed E-state index contributed by atoms with van der Waals surface area (Å²) in [6.45, 7) is 7.30. The largest absolute Gasteiger partial charge is 0.632 e. The first-order valence-electron chi connectivity index (χ1n) is 5.88. The molecular formula is C14H19NO. The normalized spacial score (nSPS) is 30.4. The van der Waals surface area contributed by atoms with Gasteiger partial charge < -0.3 is 9.85 Å². The maximum absolute atomic E-state index is 12.7. The van der Waals surface area contributed by atoms with E-state index in [2.05, 4.69) is 6.58 Å². The third kappa shape index (κ3) is 2.34. The van der Waals surface area contributed by atoms with Crippen LogP contribution in [-0.2, 0) is 6.54 Å². The van der Waals surface area contributed by atoms with Crippen molar-refractivity contribution in [1.82, 2.24) is 0 Å². The van der Waals surface area contributed by atoms with Gasteiger partial charge in [-0.1, -0.05) is 42.5 Å². The van der Waals surface area contributed by atoms with Crippen molar-refractivity contribution in [3.8, 4) is 0 Å². The van der Waals surface area contributed by atoms with Crippen LogP contribution in [0.1, 0.15) is 25.3 Å². The van der Waals surface area contributed by atoms with Gasteiger partial charge in [0.1, 0.15) is 6.54 Å². The smallest absolute Gasteiger partial charge is 0.104 e. The zero-order chi connectivity index (χ0) is 11.6. The topological polar surface area (TPSA) is 23.1 Å². The molecule has 1 aliphatic heterocycles. The van der Waals surface area contributed by atoms with E-state index in [1.54, 1.807) is 0 Å². The van der Waals surface area contributed by atoms with Crippen LogP contribution in [0.5, 0.6) is 0 Å². The molecule has 1 aliphatic rings. The molecule has 16 heavy (non-hydrogen) atoms. The molecule has 0 spiro atoms. The van der Waals surface area contributed by atoms with Crippen LogP contribution >= 0.6 is 0 Å². The van der Waals surface area contributed by atoms with Gasteiger partial charge in [0.2, 0.25) is 0 Å². The summed E-state index contributed by atoms with van der Waals surface area (Å²) in [5.41, 5.74) is 2.36. The van der Waals surface area contributed by atoms with E-state index in [1.807, 2.05) is 37.3 Å². The molecule has 0 aliphatic carbocycles. The highest BCUT2D eigenvalue weighted by atomic mass is 16.5. The summed E-state index contributed by atoms with van der Waals surface area (Å²) < 4.78 is -0.0942. The maximum atomic E-state index is 12.7. The fourth-order valence-corrected chi connectivity index (χ4v) is 2.38. The van der Waals surface area contributed by atoms with Crippen molar-refractivity contribution in [3.05, 3.63) is 53.3 Å². The van der Waals surface area contributed by atoms with Crippen molar-refractivity contribution in [2.75, 3.05) is 6.54 Å². The van der Waals surface area contributed by atoms with Gasteiger partial charge in [-0.25, -0.2) is 0 Å². The molecule has 0 N–H and O–H groups in total. The van der Waals surface area contributed by atoms with Gasteiger partial charge in [-0.05, 0) is 6.92 Å². The van der Waals surface area contributed by atoms with E-state index >= 15 is 0 Å². The molecule has 2 rings (SSSR count). The number of nitrogens with zero attached hydrogens (tertiary/aromatic N) is 1. The van der Waals surface area contributed by atoms with Crippen LogP contribution in [0, 0.1) is 5.21 Å². The van der Waals surface area contributed by atoms with Gasteiger partial charge in [0, 0.05) is 18.4 Å². The van der Waals surface area contributed by atoms with E-state index in [1.165, 1.54) is 5.57 Å². The van der Waals surface area contributed by atoms with Crippen molar-refractivity contribution in [2.45, 2.75) is 32.4 Å². The lowest BCUT2D eigenvalue weighted by Crippen LogP contribution is -2.51. The second kappa shape index (κ2) is 4.40. The minimum absolute atomic E-state index is 0.0942. The third-order valence-corrected chi connectivity index (χ3v) is 3.52. The predicted molar refractivity (Wildman–Crippen MR) is 66.5 cm³/mol. The van der Waals surface area contributed by atoms with Gasteiger partial charge in [-0.15, -0.1) is 0 Å². The highest BCUT2D eigenvalue weighted by Gasteiger charge is 2.30. The molecule has 0 amide bonds. The first-order chi connectivity index (χ1) is 7.60. The molecular weight excluding hydrogens is 198 g/mol. The van der Waals surface area contributed by atoms with Crippen LogP contribution in [0.25, 0.3) is 0 Å². The summed E-state index contributed by atoms with van der Waals surface area (Å²) in [7, 11) is 0. The Morgan fingerprint density at radius 1 is 1.38 bits per heavy atom. The second-order valence-corrected chi connectivity index (χ2v) is 4.87. The Labute approximate surface area is 97.4 Å². The number of quaternary nitrogens is 1. The summed E-state index contributed by atoms with van der Waals surface area (Å²) in [6.07, 6.45) is 1.75. The molecule has 2 heteroatoms. The molecule has 2 nitrogen and oxygen atoms in total. The lowest BCUT2D eigenvalue weighted by Gasteiger charge is -2.51. The van der Waals surface area contributed by atoms with Gasteiger partial charge in [0.25, 0.3) is 0 Å². The van der Waals surface area contributed by atoms with Crippen LogP contribution in [0.2, 0.25) is 0 Å². The summed E-state index contributed by atoms with van der Waals surface area (Å²) in [5, 5.41) is 12.7. The summed E-state index contributed by atoms with van der Waals surface area (Å²) in [6, 6.07) is 10.2. The van der Waals surface area contributed by atoms with Crippen molar-refractivity contribution >= 4 is 0 Å². The average Bonchev–Trinajstić information content (AvgIpc) is 2.26. The van der Waals surface area contributed by atoms with Gasteiger partial charge in [-0.2, -0.15) is 0 Å². The van der Waals surface area contributed by atoms with Gasteiger partial charge >= 0.3 is 0 Å². The Bertz CT molecular complexity index is 374. The second-order valence-electron chi connectivity index (χ2n) is 4.87. The van der Waals surface area contributed by atoms with E-state index < -0.39 is 0 Å². The van der Waals surface area contributed by atoms with Crippen molar-refractivity contribution in [3.63, 3.8) is 0 Å². The molecule has 1 heterocycles. The molecule has 2 atom stereocenters. The van der Waals surface area contributed by atoms with Crippen LogP contribution in [0.3, 0.4) is 0 Å². The first-order valence-corrected chi connectivity index (χ1v) is 5.88. The fourth-order valence-electron chi connectivity index (χ4n) is 2.38. The van der Waals surface area contributed by atoms with Crippen molar-refractivity contribution in [2.24, 2.45) is 0 Å². The lowest BCUT2D eigenvalue weighted by molar-refractivity contribution is -0.919. The molecule has 86 valence electrons. The Morgan fingerprint density at radius 2 is 2.06 bits per heavy atom. The monoisotopic (exact) mass is 217 g/mol. The van der Waals surface area contributed by atoms with Crippen LogP contribution < -0.4 is 0 Å². The van der Waals surface area contributed by atoms with Crippen LogP contribution in [-0.4, -0.2) is 17.2 Å². The van der Waals surface area contributed by atoms with E-state index in [0.717, 1.165) is 18.4 Å². The number of piperidine rings is 1. The van der Waals surface area contributed by atoms with Crippen LogP contribution in [0.15, 0.2) is 42.5 Å². The zero-order valence-corrected chi connectivity index (χ0v) is 9.86. The Hall–Kier alpha value is -1.12. The fraction of sp³-hybridized carbons (Fsp3) is 0.429. The lowest BCUT2D eigenvalue weighted by atomic mass is 9.97. The number of rotatable bonds is 2. The predicted octanol–water partition coefficient (Wildman–Crippen LogP) is 3.24. The van der Waals surface area contributed by atoms with E-state index in [0.29, 0.717) is 13.1 Å². The molecule has 1 aromatic carbocycles. The van der Waals surface area contributed by atoms with Gasteiger partial charge in [0.05, 0.1) is 12.6 Å². The molecule has 0 saturated carbocycles. The summed E-state index contributed by atoms with van der Waals surface area (Å²) in [4.78, 5) is 0. The van der Waals surface area contributed by atoms with E-state index in [-0.39, 0.29) is 10.7 Å². The average molecular weight is 217 g/mol. The molecule has 2 unspecified atom stereocenters. The Morgan fingerprint density at radius 3 is 2.69 bits per heavy atom. The number of likely N-dealkylation sites (tertiary alicyclic amines) is 1. The quantitative estimate of drug-likeness (QED) is 0.423. The van der Waals surface area contributed by atoms with Gasteiger partial charge in [0.15, 0.2) is 0 Å². The molecule has 1 aromatic rings. The number of benzene rings is 1. The Balaban J connectivity index is 2.11. The zero-order valence-electron chi connectivity index (χ0n) is 9.86. The highest BCUT2D eigenvalue weighted by molar-refractivity contribution is 5.14. The Kier molecular flexibility index (Phi) is 3.13. The molecule has 0 aromatic heterocycles.